The molecule has 2 fully saturated rings. The van der Waals surface area contributed by atoms with Gasteiger partial charge in [0.2, 0.25) is 0 Å². The first kappa shape index (κ1) is 16.3. The smallest absolute Gasteiger partial charge is 0.257 e. The van der Waals surface area contributed by atoms with Crippen molar-refractivity contribution < 1.29 is 9.32 Å². The maximum absolute atomic E-state index is 12.8. The summed E-state index contributed by atoms with van der Waals surface area (Å²) in [5.74, 6) is 1.83. The van der Waals surface area contributed by atoms with Crippen LogP contribution in [0.4, 0.5) is 0 Å². The molecule has 0 bridgehead atoms. The number of aromatic nitrogens is 2. The molecule has 1 aliphatic heterocycles. The van der Waals surface area contributed by atoms with Crippen molar-refractivity contribution in [1.29, 1.82) is 0 Å². The highest BCUT2D eigenvalue weighted by molar-refractivity contribution is 5.94. The molecule has 1 saturated heterocycles. The zero-order chi connectivity index (χ0) is 17.6. The van der Waals surface area contributed by atoms with E-state index in [0.717, 1.165) is 30.7 Å². The highest BCUT2D eigenvalue weighted by Gasteiger charge is 2.35. The molecule has 6 nitrogen and oxygen atoms in total. The van der Waals surface area contributed by atoms with Gasteiger partial charge in [0.25, 0.3) is 11.8 Å². The fraction of sp³-hybridized carbons (Fsp3) is 0.526. The highest BCUT2D eigenvalue weighted by atomic mass is 16.5. The predicted molar refractivity (Wildman–Crippen MR) is 94.0 cm³/mol. The summed E-state index contributed by atoms with van der Waals surface area (Å²) in [5.41, 5.74) is 7.63. The van der Waals surface area contributed by atoms with Gasteiger partial charge in [0.05, 0.1) is 0 Å². The molecule has 6 heteroatoms. The molecule has 2 aliphatic rings. The van der Waals surface area contributed by atoms with E-state index >= 15 is 0 Å². The molecule has 1 unspecified atom stereocenters. The van der Waals surface area contributed by atoms with Crippen LogP contribution in [-0.4, -0.2) is 40.1 Å². The predicted octanol–water partition coefficient (Wildman–Crippen LogP) is 2.81. The van der Waals surface area contributed by atoms with Crippen molar-refractivity contribution in [2.45, 2.75) is 45.1 Å². The summed E-state index contributed by atoms with van der Waals surface area (Å²) in [6.07, 6.45) is 3.12. The van der Waals surface area contributed by atoms with Gasteiger partial charge in [0.1, 0.15) is 0 Å². The van der Waals surface area contributed by atoms with Crippen LogP contribution in [0.5, 0.6) is 0 Å². The van der Waals surface area contributed by atoms with Crippen molar-refractivity contribution in [2.24, 2.45) is 11.1 Å². The van der Waals surface area contributed by atoms with E-state index in [2.05, 4.69) is 24.0 Å². The Labute approximate surface area is 147 Å². The molecule has 1 aromatic carbocycles. The van der Waals surface area contributed by atoms with Gasteiger partial charge in [0.15, 0.2) is 5.82 Å². The third-order valence-electron chi connectivity index (χ3n) is 5.36. The number of benzene rings is 1. The summed E-state index contributed by atoms with van der Waals surface area (Å²) in [5, 5.41) is 4.04. The molecule has 1 amide bonds. The van der Waals surface area contributed by atoms with Crippen LogP contribution in [0, 0.1) is 5.41 Å². The molecule has 2 heterocycles. The van der Waals surface area contributed by atoms with E-state index in [1.54, 1.807) is 0 Å². The monoisotopic (exact) mass is 340 g/mol. The number of piperidine rings is 1. The van der Waals surface area contributed by atoms with Crippen LogP contribution in [0.2, 0.25) is 0 Å². The number of likely N-dealkylation sites (tertiary alicyclic amines) is 1. The summed E-state index contributed by atoms with van der Waals surface area (Å²) in [7, 11) is 0. The number of carbonyl (C=O) groups excluding carboxylic acids is 1. The number of hydrogen-bond donors (Lipinski definition) is 1. The summed E-state index contributed by atoms with van der Waals surface area (Å²) in [6.45, 7) is 5.63. The molecule has 132 valence electrons. The van der Waals surface area contributed by atoms with Crippen LogP contribution in [0.1, 0.15) is 55.2 Å². The van der Waals surface area contributed by atoms with E-state index in [4.69, 9.17) is 10.3 Å². The first-order valence-corrected chi connectivity index (χ1v) is 8.93. The Hall–Kier alpha value is -2.21. The van der Waals surface area contributed by atoms with Crippen molar-refractivity contribution in [3.8, 4) is 11.5 Å². The molecular weight excluding hydrogens is 316 g/mol. The average molecular weight is 340 g/mol. The lowest BCUT2D eigenvalue weighted by Crippen LogP contribution is -2.53. The second kappa shape index (κ2) is 5.95. The van der Waals surface area contributed by atoms with Crippen LogP contribution >= 0.6 is 0 Å². The van der Waals surface area contributed by atoms with Crippen molar-refractivity contribution in [1.82, 2.24) is 15.0 Å². The van der Waals surface area contributed by atoms with Crippen LogP contribution in [-0.2, 0) is 0 Å². The van der Waals surface area contributed by atoms with E-state index < -0.39 is 0 Å². The molecule has 0 radical (unpaired) electrons. The molecule has 25 heavy (non-hydrogen) atoms. The van der Waals surface area contributed by atoms with Gasteiger partial charge in [-0.05, 0) is 48.9 Å². The van der Waals surface area contributed by atoms with Crippen molar-refractivity contribution in [2.75, 3.05) is 13.1 Å². The normalized spacial score (nSPS) is 22.8. The zero-order valence-corrected chi connectivity index (χ0v) is 14.7. The molecule has 2 N–H and O–H groups in total. The van der Waals surface area contributed by atoms with Gasteiger partial charge < -0.3 is 15.2 Å². The molecular formula is C19H24N4O2. The third kappa shape index (κ3) is 3.18. The number of amides is 1. The van der Waals surface area contributed by atoms with E-state index in [-0.39, 0.29) is 17.4 Å². The average Bonchev–Trinajstić information content (AvgIpc) is 3.34. The molecule has 0 spiro atoms. The Kier molecular flexibility index (Phi) is 3.87. The SMILES string of the molecule is CC1(C)CN(C(=O)c2ccc(-c3nc(C4CC4)no3)cc2)CCC1N. The Balaban J connectivity index is 1.48. The summed E-state index contributed by atoms with van der Waals surface area (Å²) in [6, 6.07) is 7.55. The van der Waals surface area contributed by atoms with E-state index in [0.29, 0.717) is 30.5 Å². The Morgan fingerprint density at radius 2 is 1.96 bits per heavy atom. The summed E-state index contributed by atoms with van der Waals surface area (Å²) >= 11 is 0. The maximum atomic E-state index is 12.8. The van der Waals surface area contributed by atoms with Gasteiger partial charge in [-0.1, -0.05) is 19.0 Å². The lowest BCUT2D eigenvalue weighted by atomic mass is 9.79. The van der Waals surface area contributed by atoms with E-state index in [1.807, 2.05) is 29.2 Å². The van der Waals surface area contributed by atoms with Gasteiger partial charge >= 0.3 is 0 Å². The van der Waals surface area contributed by atoms with Gasteiger partial charge in [-0.25, -0.2) is 0 Å². The molecule has 1 saturated carbocycles. The minimum absolute atomic E-state index is 0.0516. The summed E-state index contributed by atoms with van der Waals surface area (Å²) in [4.78, 5) is 19.1. The lowest BCUT2D eigenvalue weighted by molar-refractivity contribution is 0.0533. The highest BCUT2D eigenvalue weighted by Crippen LogP contribution is 2.38. The van der Waals surface area contributed by atoms with E-state index in [1.165, 1.54) is 0 Å². The largest absolute Gasteiger partial charge is 0.338 e. The molecule has 2 aromatic rings. The number of rotatable bonds is 3. The van der Waals surface area contributed by atoms with Crippen molar-refractivity contribution in [3.63, 3.8) is 0 Å². The Bertz CT molecular complexity index is 777. The number of nitrogens with two attached hydrogens (primary N) is 1. The molecule has 1 atom stereocenters. The fourth-order valence-electron chi connectivity index (χ4n) is 3.34. The minimum Gasteiger partial charge on any atom is -0.338 e. The number of hydrogen-bond acceptors (Lipinski definition) is 5. The quantitative estimate of drug-likeness (QED) is 0.928. The number of nitrogens with zero attached hydrogens (tertiary/aromatic N) is 3. The van der Waals surface area contributed by atoms with Crippen molar-refractivity contribution in [3.05, 3.63) is 35.7 Å². The Morgan fingerprint density at radius 1 is 1.24 bits per heavy atom. The molecule has 4 rings (SSSR count). The Morgan fingerprint density at radius 3 is 2.60 bits per heavy atom. The van der Waals surface area contributed by atoms with E-state index in [9.17, 15) is 4.79 Å². The minimum atomic E-state index is -0.0587. The van der Waals surface area contributed by atoms with Gasteiger partial charge in [0, 0.05) is 36.2 Å². The van der Waals surface area contributed by atoms with Crippen LogP contribution in [0.15, 0.2) is 28.8 Å². The lowest BCUT2D eigenvalue weighted by Gasteiger charge is -2.42. The first-order chi connectivity index (χ1) is 11.9. The molecule has 1 aliphatic carbocycles. The van der Waals surface area contributed by atoms with Crippen LogP contribution in [0.25, 0.3) is 11.5 Å². The van der Waals surface area contributed by atoms with Gasteiger partial charge in [-0.2, -0.15) is 4.98 Å². The van der Waals surface area contributed by atoms with Crippen LogP contribution in [0.3, 0.4) is 0 Å². The first-order valence-electron chi connectivity index (χ1n) is 8.93. The van der Waals surface area contributed by atoms with Gasteiger partial charge in [-0.15, -0.1) is 0 Å². The maximum Gasteiger partial charge on any atom is 0.257 e. The zero-order valence-electron chi connectivity index (χ0n) is 14.7. The summed E-state index contributed by atoms with van der Waals surface area (Å²) < 4.78 is 5.34. The number of carbonyl (C=O) groups is 1. The third-order valence-corrected chi connectivity index (χ3v) is 5.36. The van der Waals surface area contributed by atoms with Crippen molar-refractivity contribution >= 4 is 5.91 Å². The van der Waals surface area contributed by atoms with Gasteiger partial charge in [-0.3, -0.25) is 4.79 Å². The topological polar surface area (TPSA) is 85.2 Å². The fourth-order valence-corrected chi connectivity index (χ4v) is 3.34. The second-order valence-corrected chi connectivity index (χ2v) is 7.92. The molecule has 1 aromatic heterocycles. The van der Waals surface area contributed by atoms with Crippen LogP contribution < -0.4 is 5.73 Å². The second-order valence-electron chi connectivity index (χ2n) is 7.92. The standard InChI is InChI=1S/C19H24N4O2/c1-19(2)11-23(10-9-15(19)20)18(24)14-7-5-13(6-8-14)17-21-16(22-25-17)12-3-4-12/h5-8,12,15H,3-4,9-11,20H2,1-2H3.